The van der Waals surface area contributed by atoms with Crippen LogP contribution in [0.2, 0.25) is 0 Å². The van der Waals surface area contributed by atoms with Gasteiger partial charge in [-0.05, 0) is 50.3 Å². The molecule has 1 aromatic carbocycles. The summed E-state index contributed by atoms with van der Waals surface area (Å²) >= 11 is 3.34. The van der Waals surface area contributed by atoms with E-state index >= 15 is 0 Å². The van der Waals surface area contributed by atoms with Crippen molar-refractivity contribution in [2.24, 2.45) is 0 Å². The number of carbonyl (C=O) groups is 2. The Hall–Kier alpha value is -1.86. The minimum absolute atomic E-state index is 0.0244. The summed E-state index contributed by atoms with van der Waals surface area (Å²) in [4.78, 5) is 32.3. The number of aryl methyl sites for hydroxylation is 1. The van der Waals surface area contributed by atoms with Crippen molar-refractivity contribution in [3.8, 4) is 0 Å². The lowest BCUT2D eigenvalue weighted by Gasteiger charge is -2.34. The largest absolute Gasteiger partial charge is 0.340 e. The second kappa shape index (κ2) is 10.1. The molecule has 2 aromatic rings. The van der Waals surface area contributed by atoms with Gasteiger partial charge < -0.3 is 10.2 Å². The SMILES string of the molecule is CSCCC(NC(=O)c1cccc(C)c1)C(=O)N1CCCC(c2nccs2)C1. The average molecular weight is 418 g/mol. The number of likely N-dealkylation sites (tertiary alicyclic amines) is 1. The van der Waals surface area contributed by atoms with Gasteiger partial charge >= 0.3 is 0 Å². The molecule has 2 unspecified atom stereocenters. The number of aromatic nitrogens is 1. The molecule has 7 heteroatoms. The smallest absolute Gasteiger partial charge is 0.251 e. The summed E-state index contributed by atoms with van der Waals surface area (Å²) in [5, 5.41) is 6.07. The monoisotopic (exact) mass is 417 g/mol. The van der Waals surface area contributed by atoms with Crippen molar-refractivity contribution in [3.63, 3.8) is 0 Å². The van der Waals surface area contributed by atoms with Gasteiger partial charge in [-0.15, -0.1) is 11.3 Å². The summed E-state index contributed by atoms with van der Waals surface area (Å²) in [7, 11) is 0. The molecule has 0 aliphatic carbocycles. The topological polar surface area (TPSA) is 62.3 Å². The first-order valence-corrected chi connectivity index (χ1v) is 11.9. The first kappa shape index (κ1) is 20.9. The third-order valence-corrected chi connectivity index (χ3v) is 6.61. The third kappa shape index (κ3) is 5.35. The van der Waals surface area contributed by atoms with Gasteiger partial charge in [0.25, 0.3) is 5.91 Å². The number of thiazole rings is 1. The molecule has 1 fully saturated rings. The normalized spacial score (nSPS) is 17.9. The molecular weight excluding hydrogens is 390 g/mol. The fourth-order valence-corrected chi connectivity index (χ4v) is 4.80. The number of thioether (sulfide) groups is 1. The summed E-state index contributed by atoms with van der Waals surface area (Å²) in [5.41, 5.74) is 1.63. The van der Waals surface area contributed by atoms with E-state index in [9.17, 15) is 9.59 Å². The van der Waals surface area contributed by atoms with E-state index in [1.54, 1.807) is 29.2 Å². The Morgan fingerprint density at radius 3 is 3.00 bits per heavy atom. The van der Waals surface area contributed by atoms with Gasteiger partial charge in [0.1, 0.15) is 6.04 Å². The molecule has 28 heavy (non-hydrogen) atoms. The van der Waals surface area contributed by atoms with Crippen molar-refractivity contribution in [1.82, 2.24) is 15.2 Å². The molecule has 1 saturated heterocycles. The lowest BCUT2D eigenvalue weighted by atomic mass is 9.97. The maximum atomic E-state index is 13.2. The number of nitrogens with one attached hydrogen (secondary N) is 1. The molecule has 0 spiro atoms. The highest BCUT2D eigenvalue weighted by molar-refractivity contribution is 7.98. The van der Waals surface area contributed by atoms with Gasteiger partial charge in [-0.1, -0.05) is 17.7 Å². The van der Waals surface area contributed by atoms with E-state index in [1.165, 1.54) is 0 Å². The number of nitrogens with zero attached hydrogens (tertiary/aromatic N) is 2. The summed E-state index contributed by atoms with van der Waals surface area (Å²) < 4.78 is 0. The Bertz CT molecular complexity index is 795. The van der Waals surface area contributed by atoms with Gasteiger partial charge in [0.05, 0.1) is 5.01 Å². The molecule has 150 valence electrons. The minimum Gasteiger partial charge on any atom is -0.340 e. The highest BCUT2D eigenvalue weighted by atomic mass is 32.2. The Morgan fingerprint density at radius 2 is 2.29 bits per heavy atom. The van der Waals surface area contributed by atoms with E-state index < -0.39 is 6.04 Å². The predicted octanol–water partition coefficient (Wildman–Crippen LogP) is 3.71. The molecule has 1 aliphatic heterocycles. The second-order valence-corrected chi connectivity index (χ2v) is 9.08. The standard InChI is InChI=1S/C21H27N3O2S2/c1-15-5-3-6-16(13-15)19(25)23-18(8-11-27-2)21(26)24-10-4-7-17(14-24)20-22-9-12-28-20/h3,5-6,9,12-13,17-18H,4,7-8,10-11,14H2,1-2H3,(H,23,25). The molecule has 2 amide bonds. The fraction of sp³-hybridized carbons (Fsp3) is 0.476. The van der Waals surface area contributed by atoms with Crippen molar-refractivity contribution < 1.29 is 9.59 Å². The van der Waals surface area contributed by atoms with Crippen LogP contribution >= 0.6 is 23.1 Å². The molecule has 5 nitrogen and oxygen atoms in total. The van der Waals surface area contributed by atoms with Crippen LogP contribution in [0.15, 0.2) is 35.8 Å². The number of rotatable bonds is 7. The molecule has 0 saturated carbocycles. The van der Waals surface area contributed by atoms with E-state index in [4.69, 9.17) is 0 Å². The average Bonchev–Trinajstić information content (AvgIpc) is 3.25. The molecule has 1 aliphatic rings. The summed E-state index contributed by atoms with van der Waals surface area (Å²) in [5.74, 6) is 0.966. The number of piperidine rings is 1. The molecule has 0 radical (unpaired) electrons. The van der Waals surface area contributed by atoms with Gasteiger partial charge in [-0.2, -0.15) is 11.8 Å². The van der Waals surface area contributed by atoms with E-state index in [2.05, 4.69) is 10.3 Å². The van der Waals surface area contributed by atoms with Gasteiger partial charge in [-0.3, -0.25) is 9.59 Å². The van der Waals surface area contributed by atoms with Crippen molar-refractivity contribution in [2.45, 2.75) is 38.1 Å². The lowest BCUT2D eigenvalue weighted by molar-refractivity contribution is -0.134. The van der Waals surface area contributed by atoms with Crippen LogP contribution in [0.25, 0.3) is 0 Å². The number of benzene rings is 1. The molecule has 1 aromatic heterocycles. The van der Waals surface area contributed by atoms with Crippen molar-refractivity contribution in [1.29, 1.82) is 0 Å². The van der Waals surface area contributed by atoms with Crippen LogP contribution in [-0.2, 0) is 4.79 Å². The minimum atomic E-state index is -0.490. The Balaban J connectivity index is 1.69. The van der Waals surface area contributed by atoms with E-state index in [0.717, 1.165) is 35.7 Å². The van der Waals surface area contributed by atoms with Crippen LogP contribution < -0.4 is 5.32 Å². The molecular formula is C21H27N3O2S2. The van der Waals surface area contributed by atoms with Crippen molar-refractivity contribution in [3.05, 3.63) is 52.0 Å². The first-order chi connectivity index (χ1) is 13.6. The van der Waals surface area contributed by atoms with Crippen molar-refractivity contribution in [2.75, 3.05) is 25.1 Å². The summed E-state index contributed by atoms with van der Waals surface area (Å²) in [6, 6.07) is 6.98. The predicted molar refractivity (Wildman–Crippen MR) is 116 cm³/mol. The van der Waals surface area contributed by atoms with Crippen LogP contribution in [0, 0.1) is 6.92 Å². The van der Waals surface area contributed by atoms with E-state index in [-0.39, 0.29) is 11.8 Å². The Morgan fingerprint density at radius 1 is 1.43 bits per heavy atom. The maximum Gasteiger partial charge on any atom is 0.251 e. The summed E-state index contributed by atoms with van der Waals surface area (Å²) in [6.07, 6.45) is 6.50. The van der Waals surface area contributed by atoms with Crippen LogP contribution in [0.4, 0.5) is 0 Å². The maximum absolute atomic E-state index is 13.2. The zero-order chi connectivity index (χ0) is 19.9. The van der Waals surface area contributed by atoms with Gasteiger partial charge in [0.2, 0.25) is 5.91 Å². The highest BCUT2D eigenvalue weighted by Gasteiger charge is 2.31. The molecule has 2 atom stereocenters. The number of carbonyl (C=O) groups excluding carboxylic acids is 2. The van der Waals surface area contributed by atoms with Crippen LogP contribution in [-0.4, -0.2) is 52.8 Å². The number of hydrogen-bond donors (Lipinski definition) is 1. The number of amides is 2. The molecule has 2 heterocycles. The summed E-state index contributed by atoms with van der Waals surface area (Å²) in [6.45, 7) is 3.39. The van der Waals surface area contributed by atoms with E-state index in [0.29, 0.717) is 24.4 Å². The fourth-order valence-electron chi connectivity index (χ4n) is 3.56. The van der Waals surface area contributed by atoms with Gasteiger partial charge in [-0.25, -0.2) is 4.98 Å². The second-order valence-electron chi connectivity index (χ2n) is 7.17. The molecule has 1 N–H and O–H groups in total. The lowest BCUT2D eigenvalue weighted by Crippen LogP contribution is -2.51. The quantitative estimate of drug-likeness (QED) is 0.746. The van der Waals surface area contributed by atoms with Crippen LogP contribution in [0.5, 0.6) is 0 Å². The van der Waals surface area contributed by atoms with Gasteiger partial charge in [0.15, 0.2) is 0 Å². The van der Waals surface area contributed by atoms with E-state index in [1.807, 2.05) is 47.9 Å². The first-order valence-electron chi connectivity index (χ1n) is 9.63. The number of hydrogen-bond acceptors (Lipinski definition) is 5. The highest BCUT2D eigenvalue weighted by Crippen LogP contribution is 2.28. The van der Waals surface area contributed by atoms with Crippen LogP contribution in [0.3, 0.4) is 0 Å². The zero-order valence-corrected chi connectivity index (χ0v) is 18.0. The Labute approximate surface area is 174 Å². The van der Waals surface area contributed by atoms with Crippen LogP contribution in [0.1, 0.15) is 46.1 Å². The zero-order valence-electron chi connectivity index (χ0n) is 16.4. The third-order valence-electron chi connectivity index (χ3n) is 5.03. The Kier molecular flexibility index (Phi) is 7.50. The van der Waals surface area contributed by atoms with Gasteiger partial charge in [0, 0.05) is 36.1 Å². The molecule has 3 rings (SSSR count). The van der Waals surface area contributed by atoms with Crippen molar-refractivity contribution >= 4 is 34.9 Å². The molecule has 0 bridgehead atoms.